The predicted molar refractivity (Wildman–Crippen MR) is 115 cm³/mol. The summed E-state index contributed by atoms with van der Waals surface area (Å²) in [5, 5.41) is 4.23. The largest absolute Gasteiger partial charge is 0.497 e. The highest BCUT2D eigenvalue weighted by Gasteiger charge is 2.52. The minimum atomic E-state index is -0.882. The molecule has 9 nitrogen and oxygen atoms in total. The fourth-order valence-electron chi connectivity index (χ4n) is 3.96. The van der Waals surface area contributed by atoms with Gasteiger partial charge in [-0.2, -0.15) is 5.01 Å². The Morgan fingerprint density at radius 3 is 2.87 bits per heavy atom. The molecule has 2 aliphatic rings. The lowest BCUT2D eigenvalue weighted by molar-refractivity contribution is -0.139. The van der Waals surface area contributed by atoms with Crippen molar-refractivity contribution < 1.29 is 19.1 Å². The second-order valence-electron chi connectivity index (χ2n) is 7.94. The first kappa shape index (κ1) is 21.2. The van der Waals surface area contributed by atoms with Gasteiger partial charge in [0.1, 0.15) is 11.3 Å². The standard InChI is InChI=1S/C21H25N5O4S/c1-14-6-8-21(9-7-14)18(28)26(19(29)23-21)24-17(27)13-31-20-22-10-11-25(20)15-4-3-5-16(12-15)30-2/h3-5,10-12,14H,6-9,13H2,1-2H3,(H,23,29)(H,24,27). The number of amides is 4. The van der Waals surface area contributed by atoms with E-state index in [2.05, 4.69) is 22.7 Å². The van der Waals surface area contributed by atoms with Gasteiger partial charge in [0.25, 0.3) is 5.91 Å². The number of imide groups is 1. The lowest BCUT2D eigenvalue weighted by Crippen LogP contribution is -2.51. The van der Waals surface area contributed by atoms with Crippen LogP contribution in [-0.2, 0) is 9.59 Å². The Kier molecular flexibility index (Phi) is 5.90. The van der Waals surface area contributed by atoms with Crippen molar-refractivity contribution in [1.82, 2.24) is 25.3 Å². The maximum Gasteiger partial charge on any atom is 0.344 e. The van der Waals surface area contributed by atoms with Crippen LogP contribution >= 0.6 is 11.8 Å². The Bertz CT molecular complexity index is 999. The highest BCUT2D eigenvalue weighted by atomic mass is 32.2. The molecule has 1 saturated heterocycles. The van der Waals surface area contributed by atoms with E-state index in [1.54, 1.807) is 19.5 Å². The van der Waals surface area contributed by atoms with E-state index in [9.17, 15) is 14.4 Å². The molecule has 0 atom stereocenters. The smallest absolute Gasteiger partial charge is 0.344 e. The Morgan fingerprint density at radius 1 is 1.35 bits per heavy atom. The maximum absolute atomic E-state index is 12.9. The van der Waals surface area contributed by atoms with Gasteiger partial charge >= 0.3 is 6.03 Å². The number of nitrogens with one attached hydrogen (secondary N) is 2. The first-order valence-electron chi connectivity index (χ1n) is 10.2. The fraction of sp³-hybridized carbons (Fsp3) is 0.429. The topological polar surface area (TPSA) is 106 Å². The third kappa shape index (κ3) is 4.25. The molecule has 10 heteroatoms. The van der Waals surface area contributed by atoms with Crippen LogP contribution in [0.5, 0.6) is 5.75 Å². The first-order valence-corrected chi connectivity index (χ1v) is 11.2. The predicted octanol–water partition coefficient (Wildman–Crippen LogP) is 2.50. The van der Waals surface area contributed by atoms with Crippen molar-refractivity contribution in [2.24, 2.45) is 5.92 Å². The number of carbonyl (C=O) groups is 3. The van der Waals surface area contributed by atoms with E-state index in [1.165, 1.54) is 11.8 Å². The highest BCUT2D eigenvalue weighted by Crippen LogP contribution is 2.35. The molecule has 1 aromatic heterocycles. The highest BCUT2D eigenvalue weighted by molar-refractivity contribution is 7.99. The van der Waals surface area contributed by atoms with Gasteiger partial charge in [-0.1, -0.05) is 24.8 Å². The van der Waals surface area contributed by atoms with Crippen LogP contribution in [0.15, 0.2) is 41.8 Å². The second kappa shape index (κ2) is 8.62. The van der Waals surface area contributed by atoms with Crippen LogP contribution < -0.4 is 15.5 Å². The van der Waals surface area contributed by atoms with Crippen molar-refractivity contribution in [1.29, 1.82) is 0 Å². The quantitative estimate of drug-likeness (QED) is 0.525. The van der Waals surface area contributed by atoms with Crippen LogP contribution in [-0.4, -0.2) is 50.8 Å². The van der Waals surface area contributed by atoms with E-state index in [4.69, 9.17) is 4.74 Å². The number of aromatic nitrogens is 2. The maximum atomic E-state index is 12.9. The van der Waals surface area contributed by atoms with Gasteiger partial charge in [-0.3, -0.25) is 19.6 Å². The average molecular weight is 444 g/mol. The number of ether oxygens (including phenoxy) is 1. The van der Waals surface area contributed by atoms with Crippen molar-refractivity contribution in [3.8, 4) is 11.4 Å². The van der Waals surface area contributed by atoms with Crippen molar-refractivity contribution in [3.63, 3.8) is 0 Å². The van der Waals surface area contributed by atoms with Crippen molar-refractivity contribution >= 4 is 29.6 Å². The summed E-state index contributed by atoms with van der Waals surface area (Å²) in [5.74, 6) is 0.422. The zero-order valence-electron chi connectivity index (χ0n) is 17.5. The van der Waals surface area contributed by atoms with Gasteiger partial charge in [0.2, 0.25) is 5.91 Å². The summed E-state index contributed by atoms with van der Waals surface area (Å²) in [5.41, 5.74) is 2.42. The van der Waals surface area contributed by atoms with Gasteiger partial charge in [-0.05, 0) is 43.7 Å². The number of thioether (sulfide) groups is 1. The first-order chi connectivity index (χ1) is 14.9. The molecule has 164 valence electrons. The summed E-state index contributed by atoms with van der Waals surface area (Å²) in [7, 11) is 1.60. The number of nitrogens with zero attached hydrogens (tertiary/aromatic N) is 3. The molecule has 0 bridgehead atoms. The molecule has 2 N–H and O–H groups in total. The molecule has 31 heavy (non-hydrogen) atoms. The summed E-state index contributed by atoms with van der Waals surface area (Å²) in [4.78, 5) is 42.0. The van der Waals surface area contributed by atoms with Crippen LogP contribution in [0.4, 0.5) is 4.79 Å². The SMILES string of the molecule is COc1cccc(-n2ccnc2SCC(=O)NN2C(=O)NC3(CCC(C)CC3)C2=O)c1. The van der Waals surface area contributed by atoms with Gasteiger partial charge in [0, 0.05) is 18.5 Å². The average Bonchev–Trinajstić information content (AvgIpc) is 3.33. The van der Waals surface area contributed by atoms with E-state index >= 15 is 0 Å². The lowest BCUT2D eigenvalue weighted by Gasteiger charge is -2.33. The minimum absolute atomic E-state index is 0.00206. The number of carbonyl (C=O) groups excluding carboxylic acids is 3. The van der Waals surface area contributed by atoms with E-state index < -0.39 is 17.5 Å². The molecular weight excluding hydrogens is 418 g/mol. The third-order valence-corrected chi connectivity index (χ3v) is 6.76. The molecule has 4 amide bonds. The number of hydrogen-bond acceptors (Lipinski definition) is 6. The summed E-state index contributed by atoms with van der Waals surface area (Å²) in [6.07, 6.45) is 6.37. The molecule has 0 radical (unpaired) electrons. The summed E-state index contributed by atoms with van der Waals surface area (Å²) >= 11 is 1.21. The molecule has 1 aliphatic carbocycles. The molecular formula is C21H25N5O4S. The zero-order chi connectivity index (χ0) is 22.0. The third-order valence-electron chi connectivity index (χ3n) is 5.80. The molecule has 1 aromatic carbocycles. The van der Waals surface area contributed by atoms with Crippen LogP contribution in [0.3, 0.4) is 0 Å². The van der Waals surface area contributed by atoms with Gasteiger partial charge in [0.05, 0.1) is 18.6 Å². The van der Waals surface area contributed by atoms with E-state index in [1.807, 2.05) is 28.8 Å². The van der Waals surface area contributed by atoms with Crippen molar-refractivity contribution in [2.45, 2.75) is 43.3 Å². The zero-order valence-corrected chi connectivity index (χ0v) is 18.3. The molecule has 4 rings (SSSR count). The summed E-state index contributed by atoms with van der Waals surface area (Å²) < 4.78 is 7.10. The molecule has 1 aliphatic heterocycles. The Labute approximate surface area is 184 Å². The van der Waals surface area contributed by atoms with Crippen LogP contribution in [0.25, 0.3) is 5.69 Å². The fourth-order valence-corrected chi connectivity index (χ4v) is 4.72. The minimum Gasteiger partial charge on any atom is -0.497 e. The van der Waals surface area contributed by atoms with E-state index in [0.29, 0.717) is 29.7 Å². The van der Waals surface area contributed by atoms with Gasteiger partial charge in [0.15, 0.2) is 5.16 Å². The lowest BCUT2D eigenvalue weighted by atomic mass is 9.77. The number of hydrogen-bond donors (Lipinski definition) is 2. The van der Waals surface area contributed by atoms with Crippen molar-refractivity contribution in [3.05, 3.63) is 36.7 Å². The van der Waals surface area contributed by atoms with Gasteiger partial charge < -0.3 is 10.1 Å². The Morgan fingerprint density at radius 2 is 2.13 bits per heavy atom. The number of rotatable bonds is 6. The van der Waals surface area contributed by atoms with Crippen LogP contribution in [0.2, 0.25) is 0 Å². The van der Waals surface area contributed by atoms with Crippen molar-refractivity contribution in [2.75, 3.05) is 12.9 Å². The van der Waals surface area contributed by atoms with E-state index in [-0.39, 0.29) is 11.7 Å². The number of imidazole rings is 1. The van der Waals surface area contributed by atoms with E-state index in [0.717, 1.165) is 23.5 Å². The normalized spacial score (nSPS) is 23.2. The molecule has 2 heterocycles. The summed E-state index contributed by atoms with van der Waals surface area (Å²) in [6.45, 7) is 2.14. The number of hydrazine groups is 1. The Balaban J connectivity index is 1.38. The number of methoxy groups -OCH3 is 1. The number of benzene rings is 1. The van der Waals surface area contributed by atoms with Gasteiger partial charge in [-0.25, -0.2) is 9.78 Å². The van der Waals surface area contributed by atoms with Gasteiger partial charge in [-0.15, -0.1) is 0 Å². The molecule has 1 saturated carbocycles. The molecule has 0 unspecified atom stereocenters. The monoisotopic (exact) mass is 443 g/mol. The molecule has 2 fully saturated rings. The number of urea groups is 1. The molecule has 2 aromatic rings. The Hall–Kier alpha value is -3.01. The van der Waals surface area contributed by atoms with Crippen LogP contribution in [0, 0.1) is 5.92 Å². The molecule has 1 spiro atoms. The summed E-state index contributed by atoms with van der Waals surface area (Å²) in [6, 6.07) is 6.92. The van der Waals surface area contributed by atoms with Crippen LogP contribution in [0.1, 0.15) is 32.6 Å². The second-order valence-corrected chi connectivity index (χ2v) is 8.88.